The Morgan fingerprint density at radius 1 is 1.14 bits per heavy atom. The van der Waals surface area contributed by atoms with Crippen LogP contribution in [0.2, 0.25) is 0 Å². The van der Waals surface area contributed by atoms with Crippen molar-refractivity contribution in [1.82, 2.24) is 5.32 Å². The molecule has 120 valence electrons. The van der Waals surface area contributed by atoms with E-state index in [1.807, 2.05) is 0 Å². The number of carbonyl (C=O) groups excluding carboxylic acids is 1. The van der Waals surface area contributed by atoms with E-state index in [0.29, 0.717) is 12.8 Å². The molecule has 0 bridgehead atoms. The zero-order valence-corrected chi connectivity index (χ0v) is 13.3. The smallest absolute Gasteiger partial charge is 0.234 e. The molecule has 0 aromatic carbocycles. The Balaban J connectivity index is 2.18. The molecule has 2 rings (SSSR count). The van der Waals surface area contributed by atoms with Crippen molar-refractivity contribution in [1.29, 1.82) is 0 Å². The third-order valence-electron chi connectivity index (χ3n) is 5.55. The highest BCUT2D eigenvalue weighted by Gasteiger charge is 2.45. The van der Waals surface area contributed by atoms with Crippen LogP contribution in [-0.2, 0) is 4.79 Å². The number of nitrogens with zero attached hydrogens (tertiary/aromatic N) is 1. The molecule has 1 atom stereocenters. The van der Waals surface area contributed by atoms with Gasteiger partial charge in [-0.25, -0.2) is 0 Å². The number of hydrogen-bond acceptors (Lipinski definition) is 3. The van der Waals surface area contributed by atoms with Crippen molar-refractivity contribution in [2.24, 2.45) is 21.7 Å². The van der Waals surface area contributed by atoms with Crippen LogP contribution in [0.4, 0.5) is 0 Å². The van der Waals surface area contributed by atoms with E-state index in [1.165, 1.54) is 0 Å². The maximum absolute atomic E-state index is 12.9. The first kappa shape index (κ1) is 16.1. The van der Waals surface area contributed by atoms with Gasteiger partial charge in [0.15, 0.2) is 5.84 Å². The van der Waals surface area contributed by atoms with Crippen LogP contribution in [0.1, 0.15) is 71.6 Å². The van der Waals surface area contributed by atoms with E-state index in [1.54, 1.807) is 0 Å². The molecule has 0 aliphatic heterocycles. The van der Waals surface area contributed by atoms with E-state index < -0.39 is 5.41 Å². The van der Waals surface area contributed by atoms with Crippen molar-refractivity contribution in [2.75, 3.05) is 0 Å². The van der Waals surface area contributed by atoms with E-state index in [-0.39, 0.29) is 23.2 Å². The standard InChI is InChI=1S/C16H29N3O2/c1-15(2)9-7-8-12(15)18-14(20)16(13(17)19-21)10-5-3-4-6-11-16/h12,21H,3-11H2,1-2H3,(H2,17,19)(H,18,20). The van der Waals surface area contributed by atoms with Gasteiger partial charge in [-0.2, -0.15) is 0 Å². The number of nitrogens with one attached hydrogen (secondary N) is 1. The van der Waals surface area contributed by atoms with Gasteiger partial charge in [-0.15, -0.1) is 0 Å². The van der Waals surface area contributed by atoms with Crippen LogP contribution in [0.5, 0.6) is 0 Å². The van der Waals surface area contributed by atoms with Gasteiger partial charge in [0.05, 0.1) is 0 Å². The van der Waals surface area contributed by atoms with Crippen molar-refractivity contribution < 1.29 is 10.0 Å². The van der Waals surface area contributed by atoms with E-state index in [2.05, 4.69) is 24.3 Å². The second kappa shape index (κ2) is 6.24. The normalized spacial score (nSPS) is 28.9. The van der Waals surface area contributed by atoms with Crippen molar-refractivity contribution in [3.05, 3.63) is 0 Å². The molecular formula is C16H29N3O2. The number of nitrogens with two attached hydrogens (primary N) is 1. The third-order valence-corrected chi connectivity index (χ3v) is 5.55. The minimum Gasteiger partial charge on any atom is -0.409 e. The fourth-order valence-corrected chi connectivity index (χ4v) is 3.92. The third kappa shape index (κ3) is 3.16. The Kier molecular flexibility index (Phi) is 4.79. The molecule has 5 nitrogen and oxygen atoms in total. The monoisotopic (exact) mass is 295 g/mol. The predicted molar refractivity (Wildman–Crippen MR) is 83.1 cm³/mol. The van der Waals surface area contributed by atoms with Crippen LogP contribution < -0.4 is 11.1 Å². The van der Waals surface area contributed by atoms with E-state index >= 15 is 0 Å². The number of rotatable bonds is 3. The molecule has 0 radical (unpaired) electrons. The summed E-state index contributed by atoms with van der Waals surface area (Å²) in [6.45, 7) is 4.41. The number of carbonyl (C=O) groups is 1. The van der Waals surface area contributed by atoms with Crippen LogP contribution in [0.15, 0.2) is 5.16 Å². The van der Waals surface area contributed by atoms with Gasteiger partial charge in [0.25, 0.3) is 0 Å². The van der Waals surface area contributed by atoms with Gasteiger partial charge in [0, 0.05) is 6.04 Å². The van der Waals surface area contributed by atoms with Crippen molar-refractivity contribution in [3.8, 4) is 0 Å². The molecule has 21 heavy (non-hydrogen) atoms. The van der Waals surface area contributed by atoms with Crippen molar-refractivity contribution in [2.45, 2.75) is 77.7 Å². The lowest BCUT2D eigenvalue weighted by atomic mass is 9.77. The summed E-state index contributed by atoms with van der Waals surface area (Å²) < 4.78 is 0. The Morgan fingerprint density at radius 3 is 2.24 bits per heavy atom. The van der Waals surface area contributed by atoms with Crippen LogP contribution in [-0.4, -0.2) is 23.0 Å². The number of oxime groups is 1. The molecule has 2 aliphatic carbocycles. The molecule has 4 N–H and O–H groups in total. The van der Waals surface area contributed by atoms with E-state index in [9.17, 15) is 4.79 Å². The van der Waals surface area contributed by atoms with E-state index in [4.69, 9.17) is 10.9 Å². The molecule has 0 spiro atoms. The Bertz CT molecular complexity index is 410. The van der Waals surface area contributed by atoms with Gasteiger partial charge in [0.1, 0.15) is 5.41 Å². The quantitative estimate of drug-likeness (QED) is 0.246. The summed E-state index contributed by atoms with van der Waals surface area (Å²) in [5, 5.41) is 15.5. The van der Waals surface area contributed by atoms with Gasteiger partial charge in [-0.3, -0.25) is 4.79 Å². The van der Waals surface area contributed by atoms with Crippen LogP contribution in [0.25, 0.3) is 0 Å². The summed E-state index contributed by atoms with van der Waals surface area (Å²) in [7, 11) is 0. The Labute approximate surface area is 127 Å². The summed E-state index contributed by atoms with van der Waals surface area (Å²) in [5.74, 6) is 0.0392. The zero-order chi connectivity index (χ0) is 15.5. The first-order chi connectivity index (χ1) is 9.92. The predicted octanol–water partition coefficient (Wildman–Crippen LogP) is 2.77. The maximum Gasteiger partial charge on any atom is 0.234 e. The van der Waals surface area contributed by atoms with Gasteiger partial charge in [0.2, 0.25) is 5.91 Å². The van der Waals surface area contributed by atoms with Gasteiger partial charge in [-0.05, 0) is 31.1 Å². The van der Waals surface area contributed by atoms with Crippen molar-refractivity contribution in [3.63, 3.8) is 0 Å². The second-order valence-corrected chi connectivity index (χ2v) is 7.39. The van der Waals surface area contributed by atoms with Gasteiger partial charge in [-0.1, -0.05) is 51.1 Å². The minimum absolute atomic E-state index is 0.0420. The van der Waals surface area contributed by atoms with Crippen LogP contribution >= 0.6 is 0 Å². The molecule has 0 heterocycles. The van der Waals surface area contributed by atoms with Gasteiger partial charge >= 0.3 is 0 Å². The average Bonchev–Trinajstić information content (AvgIpc) is 2.69. The molecule has 2 aliphatic rings. The molecule has 2 saturated carbocycles. The maximum atomic E-state index is 12.9. The highest BCUT2D eigenvalue weighted by molar-refractivity contribution is 6.06. The highest BCUT2D eigenvalue weighted by Crippen LogP contribution is 2.40. The largest absolute Gasteiger partial charge is 0.409 e. The molecule has 1 amide bonds. The number of amides is 1. The lowest BCUT2D eigenvalue weighted by Gasteiger charge is -2.35. The van der Waals surface area contributed by atoms with Crippen LogP contribution in [0.3, 0.4) is 0 Å². The lowest BCUT2D eigenvalue weighted by Crippen LogP contribution is -2.54. The highest BCUT2D eigenvalue weighted by atomic mass is 16.4. The van der Waals surface area contributed by atoms with Gasteiger partial charge < -0.3 is 16.3 Å². The van der Waals surface area contributed by atoms with Crippen molar-refractivity contribution >= 4 is 11.7 Å². The number of hydrogen-bond donors (Lipinski definition) is 3. The first-order valence-electron chi connectivity index (χ1n) is 8.21. The molecule has 0 saturated heterocycles. The molecule has 1 unspecified atom stereocenters. The average molecular weight is 295 g/mol. The molecule has 2 fully saturated rings. The molecule has 0 aromatic heterocycles. The second-order valence-electron chi connectivity index (χ2n) is 7.39. The molecule has 5 heteroatoms. The molecule has 0 aromatic rings. The van der Waals surface area contributed by atoms with E-state index in [0.717, 1.165) is 44.9 Å². The first-order valence-corrected chi connectivity index (χ1v) is 8.21. The summed E-state index contributed by atoms with van der Waals surface area (Å²) in [4.78, 5) is 12.9. The minimum atomic E-state index is -0.816. The Hall–Kier alpha value is -1.26. The summed E-state index contributed by atoms with van der Waals surface area (Å²) in [6, 6.07) is 0.191. The number of amidine groups is 1. The topological polar surface area (TPSA) is 87.7 Å². The zero-order valence-electron chi connectivity index (χ0n) is 13.3. The SMILES string of the molecule is CC1(C)CCCC1NC(=O)C1(C(N)=NO)CCCCCC1. The summed E-state index contributed by atoms with van der Waals surface area (Å²) in [5.41, 5.74) is 5.25. The Morgan fingerprint density at radius 2 is 1.76 bits per heavy atom. The summed E-state index contributed by atoms with van der Waals surface area (Å²) in [6.07, 6.45) is 8.80. The summed E-state index contributed by atoms with van der Waals surface area (Å²) >= 11 is 0. The fraction of sp³-hybridized carbons (Fsp3) is 0.875. The fourth-order valence-electron chi connectivity index (χ4n) is 3.92. The molecular weight excluding hydrogens is 266 g/mol. The lowest BCUT2D eigenvalue weighted by molar-refractivity contribution is -0.129. The van der Waals surface area contributed by atoms with Crippen LogP contribution in [0, 0.1) is 10.8 Å².